The van der Waals surface area contributed by atoms with E-state index in [1.807, 2.05) is 0 Å². The van der Waals surface area contributed by atoms with Gasteiger partial charge in [0.25, 0.3) is 0 Å². The Hall–Kier alpha value is -2.09. The van der Waals surface area contributed by atoms with E-state index in [2.05, 4.69) is 5.32 Å². The molecule has 8 heteroatoms. The molecule has 1 aromatic rings. The van der Waals surface area contributed by atoms with E-state index in [0.29, 0.717) is 6.61 Å². The molecule has 1 aliphatic heterocycles. The third-order valence-corrected chi connectivity index (χ3v) is 3.96. The molecular weight excluding hydrogens is 325 g/mol. The van der Waals surface area contributed by atoms with E-state index < -0.39 is 23.6 Å². The number of halogens is 3. The van der Waals surface area contributed by atoms with Crippen LogP contribution in [-0.4, -0.2) is 43.0 Å². The van der Waals surface area contributed by atoms with Crippen LogP contribution in [0.15, 0.2) is 24.3 Å². The molecule has 0 aliphatic carbocycles. The zero-order valence-corrected chi connectivity index (χ0v) is 13.4. The smallest absolute Gasteiger partial charge is 0.383 e. The van der Waals surface area contributed by atoms with Gasteiger partial charge in [-0.2, -0.15) is 13.2 Å². The summed E-state index contributed by atoms with van der Waals surface area (Å²) in [6.45, 7) is 2.29. The fraction of sp³-hybridized carbons (Fsp3) is 0.500. The first-order valence-electron chi connectivity index (χ1n) is 7.49. The number of para-hydroxylation sites is 1. The van der Waals surface area contributed by atoms with Crippen molar-refractivity contribution < 1.29 is 27.5 Å². The van der Waals surface area contributed by atoms with Crippen molar-refractivity contribution >= 4 is 17.5 Å². The predicted octanol–water partition coefficient (Wildman–Crippen LogP) is 2.53. The third kappa shape index (κ3) is 4.05. The van der Waals surface area contributed by atoms with Crippen LogP contribution in [0, 0.1) is 5.92 Å². The summed E-state index contributed by atoms with van der Waals surface area (Å²) in [5.41, 5.74) is -1.21. The molecule has 2 amide bonds. The lowest BCUT2D eigenvalue weighted by molar-refractivity contribution is -0.137. The third-order valence-electron chi connectivity index (χ3n) is 3.96. The molecule has 1 aromatic carbocycles. The van der Waals surface area contributed by atoms with E-state index in [1.165, 1.54) is 30.2 Å². The van der Waals surface area contributed by atoms with Gasteiger partial charge in [-0.25, -0.2) is 0 Å². The molecule has 24 heavy (non-hydrogen) atoms. The lowest BCUT2D eigenvalue weighted by Crippen LogP contribution is -2.38. The highest BCUT2D eigenvalue weighted by Gasteiger charge is 2.38. The predicted molar refractivity (Wildman–Crippen MR) is 81.2 cm³/mol. The summed E-state index contributed by atoms with van der Waals surface area (Å²) < 4.78 is 43.9. The molecule has 1 N–H and O–H groups in total. The number of hydrogen-bond acceptors (Lipinski definition) is 3. The molecule has 0 radical (unpaired) electrons. The molecule has 1 fully saturated rings. The molecule has 0 bridgehead atoms. The Balaban J connectivity index is 2.08. The number of carbonyl (C=O) groups is 2. The molecule has 5 nitrogen and oxygen atoms in total. The van der Waals surface area contributed by atoms with Gasteiger partial charge in [0.2, 0.25) is 11.8 Å². The van der Waals surface area contributed by atoms with Gasteiger partial charge >= 0.3 is 6.18 Å². The fourth-order valence-corrected chi connectivity index (χ4v) is 2.74. The van der Waals surface area contributed by atoms with Gasteiger partial charge in [0.15, 0.2) is 0 Å². The summed E-state index contributed by atoms with van der Waals surface area (Å²) >= 11 is 0. The van der Waals surface area contributed by atoms with E-state index in [0.717, 1.165) is 6.07 Å². The quantitative estimate of drug-likeness (QED) is 0.893. The van der Waals surface area contributed by atoms with Crippen LogP contribution in [0.2, 0.25) is 0 Å². The average Bonchev–Trinajstić information content (AvgIpc) is 2.89. The van der Waals surface area contributed by atoms with Crippen molar-refractivity contribution in [1.29, 1.82) is 0 Å². The maximum atomic E-state index is 13.0. The average molecular weight is 344 g/mol. The van der Waals surface area contributed by atoms with Gasteiger partial charge in [-0.3, -0.25) is 9.59 Å². The van der Waals surface area contributed by atoms with Gasteiger partial charge in [0, 0.05) is 20.1 Å². The molecule has 1 heterocycles. The summed E-state index contributed by atoms with van der Waals surface area (Å²) in [4.78, 5) is 25.8. The number of likely N-dealkylation sites (tertiary alicyclic amines) is 1. The molecule has 0 aromatic heterocycles. The normalized spacial score (nSPS) is 19.5. The molecule has 0 saturated carbocycles. The summed E-state index contributed by atoms with van der Waals surface area (Å²) in [5.74, 6) is -1.48. The Bertz CT molecular complexity index is 619. The highest BCUT2D eigenvalue weighted by molar-refractivity contribution is 5.97. The van der Waals surface area contributed by atoms with Crippen molar-refractivity contribution in [3.63, 3.8) is 0 Å². The van der Waals surface area contributed by atoms with Crippen LogP contribution in [0.5, 0.6) is 0 Å². The minimum Gasteiger partial charge on any atom is -0.383 e. The Morgan fingerprint density at radius 2 is 2.08 bits per heavy atom. The van der Waals surface area contributed by atoms with E-state index in [-0.39, 0.29) is 30.6 Å². The van der Waals surface area contributed by atoms with Crippen molar-refractivity contribution in [2.75, 3.05) is 25.6 Å². The molecule has 0 unspecified atom stereocenters. The second-order valence-electron chi connectivity index (χ2n) is 5.78. The second-order valence-corrected chi connectivity index (χ2v) is 5.78. The van der Waals surface area contributed by atoms with E-state index in [4.69, 9.17) is 4.74 Å². The molecule has 1 saturated heterocycles. The van der Waals surface area contributed by atoms with Crippen molar-refractivity contribution in [2.45, 2.75) is 25.6 Å². The van der Waals surface area contributed by atoms with Gasteiger partial charge in [0.05, 0.1) is 29.8 Å². The Kier molecular flexibility index (Phi) is 5.48. The zero-order valence-electron chi connectivity index (χ0n) is 13.4. The maximum Gasteiger partial charge on any atom is 0.418 e. The minimum atomic E-state index is -4.56. The van der Waals surface area contributed by atoms with E-state index in [9.17, 15) is 22.8 Å². The first kappa shape index (κ1) is 18.3. The van der Waals surface area contributed by atoms with Crippen molar-refractivity contribution in [3.8, 4) is 0 Å². The standard InChI is InChI=1S/C16H19F3N2O3/c1-10(9-24-2)21-8-11(7-14(21)22)15(23)20-13-6-4-3-5-12(13)16(17,18)19/h3-6,10-11H,7-9H2,1-2H3,(H,20,23)/t10-,11-/m1/s1. The largest absolute Gasteiger partial charge is 0.418 e. The topological polar surface area (TPSA) is 58.6 Å². The van der Waals surface area contributed by atoms with Crippen LogP contribution in [0.25, 0.3) is 0 Å². The number of rotatable bonds is 5. The molecule has 1 aliphatic rings. The van der Waals surface area contributed by atoms with E-state index in [1.54, 1.807) is 6.92 Å². The van der Waals surface area contributed by atoms with Gasteiger partial charge in [-0.05, 0) is 19.1 Å². The van der Waals surface area contributed by atoms with Gasteiger partial charge in [-0.15, -0.1) is 0 Å². The Morgan fingerprint density at radius 1 is 1.42 bits per heavy atom. The monoisotopic (exact) mass is 344 g/mol. The summed E-state index contributed by atoms with van der Waals surface area (Å²) in [6.07, 6.45) is -4.58. The highest BCUT2D eigenvalue weighted by atomic mass is 19.4. The van der Waals surface area contributed by atoms with E-state index >= 15 is 0 Å². The number of carbonyl (C=O) groups excluding carboxylic acids is 2. The second kappa shape index (κ2) is 7.21. The molecule has 132 valence electrons. The van der Waals surface area contributed by atoms with Crippen LogP contribution in [0.3, 0.4) is 0 Å². The number of hydrogen-bond donors (Lipinski definition) is 1. The van der Waals surface area contributed by atoms with Crippen LogP contribution in [0.4, 0.5) is 18.9 Å². The lowest BCUT2D eigenvalue weighted by atomic mass is 10.1. The Labute approximate surface area is 137 Å². The SMILES string of the molecule is COC[C@@H](C)N1C[C@H](C(=O)Nc2ccccc2C(F)(F)F)CC1=O. The number of nitrogens with one attached hydrogen (secondary N) is 1. The van der Waals surface area contributed by atoms with Crippen LogP contribution < -0.4 is 5.32 Å². The number of nitrogens with zero attached hydrogens (tertiary/aromatic N) is 1. The first-order chi connectivity index (χ1) is 11.2. The minimum absolute atomic E-state index is 0.0198. The number of alkyl halides is 3. The summed E-state index contributed by atoms with van der Waals surface area (Å²) in [7, 11) is 1.51. The molecule has 2 atom stereocenters. The van der Waals surface area contributed by atoms with Gasteiger partial charge in [0.1, 0.15) is 0 Å². The molecular formula is C16H19F3N2O3. The van der Waals surface area contributed by atoms with Crippen LogP contribution in [-0.2, 0) is 20.5 Å². The number of methoxy groups -OCH3 is 1. The Morgan fingerprint density at radius 3 is 2.71 bits per heavy atom. The maximum absolute atomic E-state index is 13.0. The van der Waals surface area contributed by atoms with Gasteiger partial charge < -0.3 is 15.0 Å². The number of benzene rings is 1. The zero-order chi connectivity index (χ0) is 17.9. The van der Waals surface area contributed by atoms with Crippen molar-refractivity contribution in [3.05, 3.63) is 29.8 Å². The van der Waals surface area contributed by atoms with Crippen LogP contribution >= 0.6 is 0 Å². The molecule has 2 rings (SSSR count). The van der Waals surface area contributed by atoms with Crippen LogP contribution in [0.1, 0.15) is 18.9 Å². The number of amides is 2. The number of ether oxygens (including phenoxy) is 1. The molecule has 0 spiro atoms. The van der Waals surface area contributed by atoms with Crippen molar-refractivity contribution in [1.82, 2.24) is 4.90 Å². The fourth-order valence-electron chi connectivity index (χ4n) is 2.74. The number of anilines is 1. The summed E-state index contributed by atoms with van der Waals surface area (Å²) in [6, 6.07) is 4.58. The summed E-state index contributed by atoms with van der Waals surface area (Å²) in [5, 5.41) is 2.30. The first-order valence-corrected chi connectivity index (χ1v) is 7.49. The highest BCUT2D eigenvalue weighted by Crippen LogP contribution is 2.35. The van der Waals surface area contributed by atoms with Crippen molar-refractivity contribution in [2.24, 2.45) is 5.92 Å². The van der Waals surface area contributed by atoms with Gasteiger partial charge in [-0.1, -0.05) is 12.1 Å². The lowest BCUT2D eigenvalue weighted by Gasteiger charge is -2.24.